The minimum Gasteiger partial charge on any atom is -0.481 e. The number of carbonyl (C=O) groups excluding carboxylic acids is 1. The Morgan fingerprint density at radius 1 is 1.38 bits per heavy atom. The minimum absolute atomic E-state index is 0.0176. The largest absolute Gasteiger partial charge is 0.481 e. The Labute approximate surface area is 125 Å². The Morgan fingerprint density at radius 3 is 2.57 bits per heavy atom. The van der Waals surface area contributed by atoms with Gasteiger partial charge in [-0.3, -0.25) is 9.59 Å². The van der Waals surface area contributed by atoms with E-state index >= 15 is 0 Å². The average molecular weight is 298 g/mol. The molecule has 0 radical (unpaired) electrons. The van der Waals surface area contributed by atoms with Crippen molar-refractivity contribution in [2.45, 2.75) is 38.6 Å². The van der Waals surface area contributed by atoms with Gasteiger partial charge >= 0.3 is 5.97 Å². The third-order valence-corrected chi connectivity index (χ3v) is 4.92. The number of likely N-dealkylation sites (tertiary alicyclic amines) is 1. The van der Waals surface area contributed by atoms with Crippen molar-refractivity contribution in [3.63, 3.8) is 0 Å². The molecule has 6 heteroatoms. The van der Waals surface area contributed by atoms with Gasteiger partial charge < -0.3 is 20.1 Å². The van der Waals surface area contributed by atoms with Crippen LogP contribution in [-0.2, 0) is 14.3 Å². The van der Waals surface area contributed by atoms with Crippen LogP contribution >= 0.6 is 0 Å². The summed E-state index contributed by atoms with van der Waals surface area (Å²) in [6, 6.07) is -0.0176. The normalized spacial score (nSPS) is 29.1. The zero-order valence-electron chi connectivity index (χ0n) is 12.9. The summed E-state index contributed by atoms with van der Waals surface area (Å²) in [6.45, 7) is 4.59. The van der Waals surface area contributed by atoms with E-state index in [1.165, 1.54) is 0 Å². The lowest BCUT2D eigenvalue weighted by Gasteiger charge is -2.44. The quantitative estimate of drug-likeness (QED) is 0.799. The molecule has 0 bridgehead atoms. The molecule has 2 fully saturated rings. The molecule has 6 nitrogen and oxygen atoms in total. The van der Waals surface area contributed by atoms with E-state index in [4.69, 9.17) is 9.84 Å². The highest BCUT2D eigenvalue weighted by Gasteiger charge is 2.45. The Morgan fingerprint density at radius 2 is 2.05 bits per heavy atom. The smallest absolute Gasteiger partial charge is 0.306 e. The van der Waals surface area contributed by atoms with Gasteiger partial charge in [-0.2, -0.15) is 0 Å². The minimum atomic E-state index is -0.748. The van der Waals surface area contributed by atoms with E-state index in [2.05, 4.69) is 5.32 Å². The molecule has 0 aromatic heterocycles. The van der Waals surface area contributed by atoms with Crippen molar-refractivity contribution in [2.75, 3.05) is 33.4 Å². The lowest BCUT2D eigenvalue weighted by molar-refractivity contribution is -0.155. The molecule has 2 saturated heterocycles. The van der Waals surface area contributed by atoms with Crippen molar-refractivity contribution in [3.05, 3.63) is 0 Å². The lowest BCUT2D eigenvalue weighted by atomic mass is 9.77. The number of piperidine rings is 2. The summed E-state index contributed by atoms with van der Waals surface area (Å²) in [6.07, 6.45) is 2.66. The molecule has 0 saturated carbocycles. The van der Waals surface area contributed by atoms with Gasteiger partial charge in [-0.05, 0) is 45.7 Å². The van der Waals surface area contributed by atoms with Gasteiger partial charge in [-0.1, -0.05) is 0 Å². The Hall–Kier alpha value is -1.14. The molecule has 120 valence electrons. The van der Waals surface area contributed by atoms with E-state index in [-0.39, 0.29) is 17.9 Å². The van der Waals surface area contributed by atoms with Crippen LogP contribution in [0, 0.1) is 11.3 Å². The summed E-state index contributed by atoms with van der Waals surface area (Å²) in [5, 5.41) is 12.4. The predicted octanol–water partition coefficient (Wildman–Crippen LogP) is 0.714. The third-order valence-electron chi connectivity index (χ3n) is 4.92. The molecule has 2 rings (SSSR count). The molecule has 0 aliphatic carbocycles. The monoisotopic (exact) mass is 298 g/mol. The van der Waals surface area contributed by atoms with E-state index < -0.39 is 11.4 Å². The molecule has 0 spiro atoms. The Balaban J connectivity index is 2.08. The molecular formula is C15H26N2O4. The number of aliphatic carboxylic acids is 1. The average Bonchev–Trinajstić information content (AvgIpc) is 2.47. The highest BCUT2D eigenvalue weighted by molar-refractivity contribution is 5.84. The second-order valence-electron chi connectivity index (χ2n) is 6.37. The molecule has 0 aromatic carbocycles. The van der Waals surface area contributed by atoms with Crippen LogP contribution < -0.4 is 5.32 Å². The number of carboxylic acid groups (broad SMARTS) is 1. The predicted molar refractivity (Wildman–Crippen MR) is 77.9 cm³/mol. The topological polar surface area (TPSA) is 78.9 Å². The van der Waals surface area contributed by atoms with Crippen LogP contribution in [0.1, 0.15) is 32.6 Å². The number of carboxylic acids is 1. The van der Waals surface area contributed by atoms with Crippen LogP contribution in [0.3, 0.4) is 0 Å². The van der Waals surface area contributed by atoms with Crippen LogP contribution in [0.5, 0.6) is 0 Å². The highest BCUT2D eigenvalue weighted by atomic mass is 16.5. The van der Waals surface area contributed by atoms with Crippen LogP contribution in [0.4, 0.5) is 0 Å². The zero-order valence-corrected chi connectivity index (χ0v) is 12.9. The fourth-order valence-corrected chi connectivity index (χ4v) is 3.60. The third kappa shape index (κ3) is 3.37. The first-order chi connectivity index (χ1) is 10.00. The van der Waals surface area contributed by atoms with E-state index in [1.807, 2.05) is 11.8 Å². The zero-order chi connectivity index (χ0) is 15.5. The van der Waals surface area contributed by atoms with Crippen LogP contribution in [0.15, 0.2) is 0 Å². The number of amides is 1. The number of ether oxygens (including phenoxy) is 1. The molecule has 2 aliphatic heterocycles. The summed E-state index contributed by atoms with van der Waals surface area (Å²) in [5.41, 5.74) is -0.440. The number of nitrogens with zero attached hydrogens (tertiary/aromatic N) is 1. The second-order valence-corrected chi connectivity index (χ2v) is 6.37. The molecule has 2 unspecified atom stereocenters. The van der Waals surface area contributed by atoms with E-state index in [1.54, 1.807) is 7.11 Å². The summed E-state index contributed by atoms with van der Waals surface area (Å²) in [4.78, 5) is 26.0. The van der Waals surface area contributed by atoms with Crippen LogP contribution in [0.25, 0.3) is 0 Å². The molecule has 2 heterocycles. The van der Waals surface area contributed by atoms with Crippen molar-refractivity contribution in [1.29, 1.82) is 0 Å². The number of nitrogens with one attached hydrogen (secondary N) is 1. The second kappa shape index (κ2) is 6.75. The van der Waals surface area contributed by atoms with Gasteiger partial charge in [0.1, 0.15) is 0 Å². The maximum absolute atomic E-state index is 13.0. The lowest BCUT2D eigenvalue weighted by Crippen LogP contribution is -2.56. The van der Waals surface area contributed by atoms with Gasteiger partial charge in [0.25, 0.3) is 0 Å². The molecular weight excluding hydrogens is 272 g/mol. The van der Waals surface area contributed by atoms with Gasteiger partial charge in [-0.15, -0.1) is 0 Å². The maximum Gasteiger partial charge on any atom is 0.306 e. The van der Waals surface area contributed by atoms with Crippen molar-refractivity contribution in [3.8, 4) is 0 Å². The summed E-state index contributed by atoms with van der Waals surface area (Å²) in [5.74, 6) is -0.931. The molecule has 21 heavy (non-hydrogen) atoms. The number of hydrogen-bond donors (Lipinski definition) is 2. The number of hydrogen-bond acceptors (Lipinski definition) is 4. The van der Waals surface area contributed by atoms with E-state index in [0.29, 0.717) is 26.0 Å². The Bertz CT molecular complexity index is 388. The fraction of sp³-hybridized carbons (Fsp3) is 0.867. The first kappa shape index (κ1) is 16.2. The molecule has 2 aliphatic rings. The number of rotatable bonds is 4. The maximum atomic E-state index is 13.0. The van der Waals surface area contributed by atoms with Crippen LogP contribution in [0.2, 0.25) is 0 Å². The highest BCUT2D eigenvalue weighted by Crippen LogP contribution is 2.35. The molecule has 0 aromatic rings. The summed E-state index contributed by atoms with van der Waals surface area (Å²) in [7, 11) is 1.64. The van der Waals surface area contributed by atoms with Crippen molar-refractivity contribution in [1.82, 2.24) is 10.2 Å². The summed E-state index contributed by atoms with van der Waals surface area (Å²) < 4.78 is 5.32. The van der Waals surface area contributed by atoms with Gasteiger partial charge in [0.05, 0.1) is 17.9 Å². The number of methoxy groups -OCH3 is 1. The van der Waals surface area contributed by atoms with E-state index in [0.717, 1.165) is 25.9 Å². The van der Waals surface area contributed by atoms with Crippen molar-refractivity contribution >= 4 is 11.9 Å². The standard InChI is InChI=1S/C15H26N2O4/c1-11-9-12(13(18)19)3-8-17(11)14(20)15(10-21-2)4-6-16-7-5-15/h11-12,16H,3-10H2,1-2H3,(H,18,19). The van der Waals surface area contributed by atoms with Gasteiger partial charge in [0, 0.05) is 19.7 Å². The SMILES string of the molecule is COCC1(C(=O)N2CCC(C(=O)O)CC2C)CCNCC1. The molecule has 2 atom stereocenters. The van der Waals surface area contributed by atoms with Gasteiger partial charge in [-0.25, -0.2) is 0 Å². The van der Waals surface area contributed by atoms with E-state index in [9.17, 15) is 9.59 Å². The fourth-order valence-electron chi connectivity index (χ4n) is 3.60. The molecule has 1 amide bonds. The van der Waals surface area contributed by atoms with Crippen molar-refractivity contribution in [2.24, 2.45) is 11.3 Å². The first-order valence-electron chi connectivity index (χ1n) is 7.74. The summed E-state index contributed by atoms with van der Waals surface area (Å²) >= 11 is 0. The Kier molecular flexibility index (Phi) is 5.22. The number of carbonyl (C=O) groups is 2. The van der Waals surface area contributed by atoms with Gasteiger partial charge in [0.15, 0.2) is 0 Å². The van der Waals surface area contributed by atoms with Crippen molar-refractivity contribution < 1.29 is 19.4 Å². The van der Waals surface area contributed by atoms with Crippen LogP contribution in [-0.4, -0.2) is 61.3 Å². The van der Waals surface area contributed by atoms with Gasteiger partial charge in [0.2, 0.25) is 5.91 Å². The first-order valence-corrected chi connectivity index (χ1v) is 7.74. The molecule has 2 N–H and O–H groups in total.